The molecule has 1 atom stereocenters. The fourth-order valence-corrected chi connectivity index (χ4v) is 2.79. The normalized spacial score (nSPS) is 17.5. The minimum Gasteiger partial charge on any atom is -0.335 e. The zero-order valence-corrected chi connectivity index (χ0v) is 12.8. The molecular formula is C17H16FN3O3. The second kappa shape index (κ2) is 6.76. The Morgan fingerprint density at radius 2 is 2.00 bits per heavy atom. The highest BCUT2D eigenvalue weighted by molar-refractivity contribution is 5.94. The van der Waals surface area contributed by atoms with E-state index in [1.54, 1.807) is 11.0 Å². The Bertz CT molecular complexity index is 764. The van der Waals surface area contributed by atoms with Gasteiger partial charge in [-0.05, 0) is 29.8 Å². The summed E-state index contributed by atoms with van der Waals surface area (Å²) in [5.74, 6) is -0.499. The monoisotopic (exact) mass is 329 g/mol. The maximum atomic E-state index is 13.4. The number of nitrogens with zero attached hydrogens (tertiary/aromatic N) is 2. The number of carbonyl (C=O) groups is 1. The van der Waals surface area contributed by atoms with Gasteiger partial charge in [0, 0.05) is 37.3 Å². The van der Waals surface area contributed by atoms with E-state index >= 15 is 0 Å². The van der Waals surface area contributed by atoms with Crippen molar-refractivity contribution in [3.8, 4) is 0 Å². The quantitative estimate of drug-likeness (QED) is 0.693. The fraction of sp³-hybridized carbons (Fsp3) is 0.235. The minimum atomic E-state index is -0.501. The Morgan fingerprint density at radius 1 is 1.25 bits per heavy atom. The van der Waals surface area contributed by atoms with Crippen LogP contribution in [0.5, 0.6) is 0 Å². The van der Waals surface area contributed by atoms with Gasteiger partial charge in [-0.1, -0.05) is 12.1 Å². The second-order valence-electron chi connectivity index (χ2n) is 5.62. The zero-order valence-electron chi connectivity index (χ0n) is 12.8. The molecule has 0 radical (unpaired) electrons. The van der Waals surface area contributed by atoms with E-state index in [9.17, 15) is 19.3 Å². The standard InChI is InChI=1S/C17H16FN3O3/c18-14-3-1-2-13(10-14)16-11-20(9-8-19-16)17(22)12-4-6-15(7-5-12)21(23)24/h1-7,10,16,19H,8-9,11H2. The molecule has 1 fully saturated rings. The summed E-state index contributed by atoms with van der Waals surface area (Å²) in [6.45, 7) is 1.54. The van der Waals surface area contributed by atoms with Crippen molar-refractivity contribution < 1.29 is 14.1 Å². The molecule has 24 heavy (non-hydrogen) atoms. The number of amides is 1. The van der Waals surface area contributed by atoms with Crippen molar-refractivity contribution >= 4 is 11.6 Å². The molecule has 2 aromatic rings. The van der Waals surface area contributed by atoms with E-state index in [1.807, 2.05) is 6.07 Å². The molecule has 0 spiro atoms. The second-order valence-corrected chi connectivity index (χ2v) is 5.62. The molecule has 1 saturated heterocycles. The molecule has 0 aromatic heterocycles. The molecule has 1 unspecified atom stereocenters. The highest BCUT2D eigenvalue weighted by atomic mass is 19.1. The molecule has 6 nitrogen and oxygen atoms in total. The van der Waals surface area contributed by atoms with Gasteiger partial charge in [-0.3, -0.25) is 14.9 Å². The van der Waals surface area contributed by atoms with Crippen molar-refractivity contribution in [1.82, 2.24) is 10.2 Å². The van der Waals surface area contributed by atoms with Crippen LogP contribution in [0.25, 0.3) is 0 Å². The van der Waals surface area contributed by atoms with Crippen LogP contribution in [0, 0.1) is 15.9 Å². The molecule has 3 rings (SSSR count). The average molecular weight is 329 g/mol. The lowest BCUT2D eigenvalue weighted by atomic mass is 10.0. The lowest BCUT2D eigenvalue weighted by Gasteiger charge is -2.34. The van der Waals surface area contributed by atoms with Crippen LogP contribution in [-0.2, 0) is 0 Å². The first-order chi connectivity index (χ1) is 11.5. The topological polar surface area (TPSA) is 75.5 Å². The van der Waals surface area contributed by atoms with E-state index in [-0.39, 0.29) is 23.5 Å². The van der Waals surface area contributed by atoms with E-state index in [0.29, 0.717) is 25.2 Å². The van der Waals surface area contributed by atoms with Gasteiger partial charge >= 0.3 is 0 Å². The van der Waals surface area contributed by atoms with Crippen molar-refractivity contribution in [2.24, 2.45) is 0 Å². The average Bonchev–Trinajstić information content (AvgIpc) is 2.61. The van der Waals surface area contributed by atoms with Crippen LogP contribution in [-0.4, -0.2) is 35.4 Å². The summed E-state index contributed by atoms with van der Waals surface area (Å²) >= 11 is 0. The van der Waals surface area contributed by atoms with Gasteiger partial charge in [-0.15, -0.1) is 0 Å². The molecule has 0 bridgehead atoms. The van der Waals surface area contributed by atoms with E-state index in [2.05, 4.69) is 5.32 Å². The van der Waals surface area contributed by atoms with Crippen molar-refractivity contribution in [2.45, 2.75) is 6.04 Å². The first-order valence-corrected chi connectivity index (χ1v) is 7.57. The number of piperazine rings is 1. The number of carbonyl (C=O) groups excluding carboxylic acids is 1. The van der Waals surface area contributed by atoms with E-state index in [1.165, 1.54) is 36.4 Å². The molecule has 1 amide bonds. The number of hydrogen-bond acceptors (Lipinski definition) is 4. The SMILES string of the molecule is O=C(c1ccc([N+](=O)[O-])cc1)N1CCNC(c2cccc(F)c2)C1. The van der Waals surface area contributed by atoms with Gasteiger partial charge in [-0.2, -0.15) is 0 Å². The number of halogens is 1. The van der Waals surface area contributed by atoms with Gasteiger partial charge in [0.2, 0.25) is 0 Å². The minimum absolute atomic E-state index is 0.0514. The highest BCUT2D eigenvalue weighted by Crippen LogP contribution is 2.20. The lowest BCUT2D eigenvalue weighted by Crippen LogP contribution is -2.48. The van der Waals surface area contributed by atoms with E-state index < -0.39 is 4.92 Å². The van der Waals surface area contributed by atoms with Gasteiger partial charge in [0.05, 0.1) is 11.0 Å². The molecule has 124 valence electrons. The maximum absolute atomic E-state index is 13.4. The van der Waals surface area contributed by atoms with Gasteiger partial charge in [-0.25, -0.2) is 4.39 Å². The molecule has 2 aromatic carbocycles. The fourth-order valence-electron chi connectivity index (χ4n) is 2.79. The van der Waals surface area contributed by atoms with Gasteiger partial charge in [0.15, 0.2) is 0 Å². The highest BCUT2D eigenvalue weighted by Gasteiger charge is 2.25. The summed E-state index contributed by atoms with van der Waals surface area (Å²) < 4.78 is 13.4. The van der Waals surface area contributed by atoms with Crippen LogP contribution in [0.2, 0.25) is 0 Å². The summed E-state index contributed by atoms with van der Waals surface area (Å²) in [6, 6.07) is 11.7. The molecule has 1 heterocycles. The van der Waals surface area contributed by atoms with Crippen LogP contribution in [0.1, 0.15) is 22.0 Å². The third-order valence-corrected chi connectivity index (χ3v) is 4.04. The van der Waals surface area contributed by atoms with Crippen LogP contribution in [0.3, 0.4) is 0 Å². The Kier molecular flexibility index (Phi) is 4.52. The van der Waals surface area contributed by atoms with Crippen molar-refractivity contribution in [2.75, 3.05) is 19.6 Å². The largest absolute Gasteiger partial charge is 0.335 e. The summed E-state index contributed by atoms with van der Waals surface area (Å²) in [5.41, 5.74) is 1.14. The summed E-state index contributed by atoms with van der Waals surface area (Å²) in [7, 11) is 0. The smallest absolute Gasteiger partial charge is 0.269 e. The predicted octanol–water partition coefficient (Wildman–Crippen LogP) is 2.52. The first kappa shape index (κ1) is 16.1. The molecule has 1 aliphatic heterocycles. The number of rotatable bonds is 3. The summed E-state index contributed by atoms with van der Waals surface area (Å²) in [6.07, 6.45) is 0. The lowest BCUT2D eigenvalue weighted by molar-refractivity contribution is -0.384. The van der Waals surface area contributed by atoms with Crippen molar-refractivity contribution in [3.63, 3.8) is 0 Å². The Hall–Kier alpha value is -2.80. The predicted molar refractivity (Wildman–Crippen MR) is 86.1 cm³/mol. The van der Waals surface area contributed by atoms with Crippen LogP contribution in [0.4, 0.5) is 10.1 Å². The number of benzene rings is 2. The number of non-ortho nitro benzene ring substituents is 1. The maximum Gasteiger partial charge on any atom is 0.269 e. The zero-order chi connectivity index (χ0) is 17.1. The van der Waals surface area contributed by atoms with Crippen molar-refractivity contribution in [3.05, 3.63) is 75.6 Å². The molecule has 0 saturated carbocycles. The third-order valence-electron chi connectivity index (χ3n) is 4.04. The van der Waals surface area contributed by atoms with Crippen LogP contribution >= 0.6 is 0 Å². The van der Waals surface area contributed by atoms with E-state index in [0.717, 1.165) is 5.56 Å². The van der Waals surface area contributed by atoms with Crippen molar-refractivity contribution in [1.29, 1.82) is 0 Å². The molecule has 0 aliphatic carbocycles. The number of nitro groups is 1. The molecule has 7 heteroatoms. The summed E-state index contributed by atoms with van der Waals surface area (Å²) in [4.78, 5) is 24.4. The van der Waals surface area contributed by atoms with Crippen LogP contribution in [0.15, 0.2) is 48.5 Å². The molecule has 1 N–H and O–H groups in total. The first-order valence-electron chi connectivity index (χ1n) is 7.57. The number of nitrogens with one attached hydrogen (secondary N) is 1. The third kappa shape index (κ3) is 3.41. The molecule has 1 aliphatic rings. The molecular weight excluding hydrogens is 313 g/mol. The van der Waals surface area contributed by atoms with Gasteiger partial charge < -0.3 is 10.2 Å². The number of hydrogen-bond donors (Lipinski definition) is 1. The van der Waals surface area contributed by atoms with Gasteiger partial charge in [0.1, 0.15) is 5.82 Å². The van der Waals surface area contributed by atoms with E-state index in [4.69, 9.17) is 0 Å². The summed E-state index contributed by atoms with van der Waals surface area (Å²) in [5, 5.41) is 14.0. The van der Waals surface area contributed by atoms with Crippen LogP contribution < -0.4 is 5.32 Å². The van der Waals surface area contributed by atoms with Gasteiger partial charge in [0.25, 0.3) is 11.6 Å². The Balaban J connectivity index is 1.74. The number of nitro benzene ring substituents is 1. The Morgan fingerprint density at radius 3 is 2.67 bits per heavy atom. The Labute approximate surface area is 138 Å².